The average molecular weight is 352 g/mol. The van der Waals surface area contributed by atoms with E-state index < -0.39 is 0 Å². The van der Waals surface area contributed by atoms with E-state index >= 15 is 0 Å². The summed E-state index contributed by atoms with van der Waals surface area (Å²) < 4.78 is 12.5. The third-order valence-corrected chi connectivity index (χ3v) is 4.58. The molecule has 0 spiro atoms. The molecule has 1 N–H and O–H groups in total. The molecule has 5 nitrogen and oxygen atoms in total. The fraction of sp³-hybridized carbons (Fsp3) is 0.286. The molecule has 0 aliphatic carbocycles. The van der Waals surface area contributed by atoms with Crippen LogP contribution in [-0.4, -0.2) is 31.2 Å². The highest BCUT2D eigenvalue weighted by Gasteiger charge is 2.13. The fourth-order valence-electron chi connectivity index (χ4n) is 3.13. The van der Waals surface area contributed by atoms with Gasteiger partial charge in [-0.05, 0) is 49.2 Å². The first-order chi connectivity index (χ1) is 12.5. The molecule has 136 valence electrons. The van der Waals surface area contributed by atoms with Crippen molar-refractivity contribution in [2.75, 3.05) is 20.8 Å². The lowest BCUT2D eigenvalue weighted by atomic mass is 10.1. The van der Waals surface area contributed by atoms with Gasteiger partial charge >= 0.3 is 0 Å². The van der Waals surface area contributed by atoms with Crippen molar-refractivity contribution in [3.05, 3.63) is 59.3 Å². The van der Waals surface area contributed by atoms with Crippen molar-refractivity contribution in [3.8, 4) is 11.5 Å². The number of hydrogen-bond acceptors (Lipinski definition) is 3. The maximum Gasteiger partial charge on any atom is 0.267 e. The van der Waals surface area contributed by atoms with Crippen molar-refractivity contribution < 1.29 is 14.3 Å². The van der Waals surface area contributed by atoms with Crippen LogP contribution in [-0.2, 0) is 13.5 Å². The van der Waals surface area contributed by atoms with Crippen LogP contribution >= 0.6 is 0 Å². The number of aromatic nitrogens is 1. The first-order valence-corrected chi connectivity index (χ1v) is 8.58. The molecule has 0 fully saturated rings. The molecule has 26 heavy (non-hydrogen) atoms. The zero-order valence-corrected chi connectivity index (χ0v) is 15.6. The van der Waals surface area contributed by atoms with E-state index in [0.29, 0.717) is 23.7 Å². The predicted molar refractivity (Wildman–Crippen MR) is 103 cm³/mol. The number of ether oxygens (including phenoxy) is 2. The lowest BCUT2D eigenvalue weighted by molar-refractivity contribution is 0.0946. The number of hydrogen-bond donors (Lipinski definition) is 1. The summed E-state index contributed by atoms with van der Waals surface area (Å²) in [6, 6.07) is 13.9. The summed E-state index contributed by atoms with van der Waals surface area (Å²) in [5.74, 6) is 1.33. The van der Waals surface area contributed by atoms with Gasteiger partial charge in [0.15, 0.2) is 11.5 Å². The van der Waals surface area contributed by atoms with E-state index in [2.05, 4.69) is 24.4 Å². The molecule has 3 aromatic rings. The SMILES string of the molecule is COc1ccc(CCNC(=O)c2cc3cc(C)ccc3n2C)cc1OC. The molecule has 2 aromatic carbocycles. The maximum atomic E-state index is 12.6. The third kappa shape index (κ3) is 3.52. The quantitative estimate of drug-likeness (QED) is 0.739. The first-order valence-electron chi connectivity index (χ1n) is 8.58. The summed E-state index contributed by atoms with van der Waals surface area (Å²) in [5.41, 5.74) is 3.98. The molecule has 1 amide bonds. The van der Waals surface area contributed by atoms with Crippen LogP contribution in [0.3, 0.4) is 0 Å². The molecule has 0 unspecified atom stereocenters. The molecule has 1 heterocycles. The molecule has 1 aromatic heterocycles. The monoisotopic (exact) mass is 352 g/mol. The van der Waals surface area contributed by atoms with Crippen LogP contribution in [0, 0.1) is 6.92 Å². The van der Waals surface area contributed by atoms with Gasteiger partial charge in [0.25, 0.3) is 5.91 Å². The molecule has 0 radical (unpaired) electrons. The molecule has 0 bridgehead atoms. The van der Waals surface area contributed by atoms with Crippen molar-refractivity contribution in [2.45, 2.75) is 13.3 Å². The van der Waals surface area contributed by atoms with Crippen LogP contribution in [0.25, 0.3) is 10.9 Å². The molecular weight excluding hydrogens is 328 g/mol. The second-order valence-corrected chi connectivity index (χ2v) is 6.35. The van der Waals surface area contributed by atoms with Gasteiger partial charge in [0.1, 0.15) is 5.69 Å². The number of methoxy groups -OCH3 is 2. The number of rotatable bonds is 6. The molecular formula is C21H24N2O3. The van der Waals surface area contributed by atoms with Crippen LogP contribution in [0.2, 0.25) is 0 Å². The Labute approximate surface area is 153 Å². The summed E-state index contributed by atoms with van der Waals surface area (Å²) in [4.78, 5) is 12.6. The Balaban J connectivity index is 1.67. The highest BCUT2D eigenvalue weighted by molar-refractivity contribution is 5.98. The van der Waals surface area contributed by atoms with Gasteiger partial charge in [-0.2, -0.15) is 0 Å². The molecule has 0 saturated heterocycles. The molecule has 0 aliphatic rings. The van der Waals surface area contributed by atoms with E-state index in [1.165, 1.54) is 5.56 Å². The van der Waals surface area contributed by atoms with Crippen molar-refractivity contribution >= 4 is 16.8 Å². The Bertz CT molecular complexity index is 944. The topological polar surface area (TPSA) is 52.5 Å². The van der Waals surface area contributed by atoms with Crippen molar-refractivity contribution in [2.24, 2.45) is 7.05 Å². The largest absolute Gasteiger partial charge is 0.493 e. The maximum absolute atomic E-state index is 12.6. The number of carbonyl (C=O) groups excluding carboxylic acids is 1. The Morgan fingerprint density at radius 2 is 1.81 bits per heavy atom. The summed E-state index contributed by atoms with van der Waals surface area (Å²) in [6.45, 7) is 2.60. The van der Waals surface area contributed by atoms with Gasteiger partial charge in [-0.1, -0.05) is 17.7 Å². The fourth-order valence-corrected chi connectivity index (χ4v) is 3.13. The molecule has 3 rings (SSSR count). The van der Waals surface area contributed by atoms with Gasteiger partial charge in [-0.25, -0.2) is 0 Å². The zero-order valence-electron chi connectivity index (χ0n) is 15.6. The highest BCUT2D eigenvalue weighted by atomic mass is 16.5. The average Bonchev–Trinajstić information content (AvgIpc) is 2.97. The Morgan fingerprint density at radius 3 is 2.54 bits per heavy atom. The van der Waals surface area contributed by atoms with E-state index in [9.17, 15) is 4.79 Å². The molecule has 5 heteroatoms. The Kier molecular flexibility index (Phi) is 5.16. The van der Waals surface area contributed by atoms with Crippen LogP contribution in [0.5, 0.6) is 11.5 Å². The van der Waals surface area contributed by atoms with Crippen LogP contribution in [0.4, 0.5) is 0 Å². The molecule has 0 aliphatic heterocycles. The Morgan fingerprint density at radius 1 is 1.04 bits per heavy atom. The Hall–Kier alpha value is -2.95. The number of aryl methyl sites for hydroxylation is 2. The minimum atomic E-state index is -0.0678. The van der Waals surface area contributed by atoms with Crippen molar-refractivity contribution in [3.63, 3.8) is 0 Å². The van der Waals surface area contributed by atoms with Gasteiger partial charge in [-0.15, -0.1) is 0 Å². The normalized spacial score (nSPS) is 10.8. The summed E-state index contributed by atoms with van der Waals surface area (Å²) in [5, 5.41) is 4.08. The minimum Gasteiger partial charge on any atom is -0.493 e. The zero-order chi connectivity index (χ0) is 18.7. The minimum absolute atomic E-state index is 0.0678. The molecule has 0 saturated carbocycles. The lowest BCUT2D eigenvalue weighted by Gasteiger charge is -2.10. The van der Waals surface area contributed by atoms with E-state index in [1.807, 2.05) is 41.9 Å². The van der Waals surface area contributed by atoms with E-state index in [4.69, 9.17) is 9.47 Å². The second kappa shape index (κ2) is 7.52. The van der Waals surface area contributed by atoms with E-state index in [-0.39, 0.29) is 5.91 Å². The number of benzene rings is 2. The standard InChI is InChI=1S/C21H24N2O3/c1-14-5-7-17-16(11-14)13-18(23(17)2)21(24)22-10-9-15-6-8-19(25-3)20(12-15)26-4/h5-8,11-13H,9-10H2,1-4H3,(H,22,24). The van der Waals surface area contributed by atoms with Gasteiger partial charge < -0.3 is 19.4 Å². The van der Waals surface area contributed by atoms with Crippen LogP contribution < -0.4 is 14.8 Å². The third-order valence-electron chi connectivity index (χ3n) is 4.58. The number of amides is 1. The smallest absolute Gasteiger partial charge is 0.267 e. The van der Waals surface area contributed by atoms with Gasteiger partial charge in [0, 0.05) is 24.5 Å². The first kappa shape index (κ1) is 17.9. The van der Waals surface area contributed by atoms with Crippen molar-refractivity contribution in [1.29, 1.82) is 0 Å². The van der Waals surface area contributed by atoms with Gasteiger partial charge in [-0.3, -0.25) is 4.79 Å². The highest BCUT2D eigenvalue weighted by Crippen LogP contribution is 2.27. The number of nitrogens with one attached hydrogen (secondary N) is 1. The molecule has 0 atom stereocenters. The number of fused-ring (bicyclic) bond motifs is 1. The van der Waals surface area contributed by atoms with Crippen LogP contribution in [0.15, 0.2) is 42.5 Å². The van der Waals surface area contributed by atoms with Gasteiger partial charge in [0.05, 0.1) is 14.2 Å². The van der Waals surface area contributed by atoms with Gasteiger partial charge in [0.2, 0.25) is 0 Å². The lowest BCUT2D eigenvalue weighted by Crippen LogP contribution is -2.27. The second-order valence-electron chi connectivity index (χ2n) is 6.35. The van der Waals surface area contributed by atoms with E-state index in [0.717, 1.165) is 22.9 Å². The predicted octanol–water partition coefficient (Wildman–Crippen LogP) is 3.48. The van der Waals surface area contributed by atoms with Crippen LogP contribution in [0.1, 0.15) is 21.6 Å². The summed E-state index contributed by atoms with van der Waals surface area (Å²) >= 11 is 0. The summed E-state index contributed by atoms with van der Waals surface area (Å²) in [7, 11) is 5.15. The van der Waals surface area contributed by atoms with Crippen molar-refractivity contribution in [1.82, 2.24) is 9.88 Å². The van der Waals surface area contributed by atoms with E-state index in [1.54, 1.807) is 14.2 Å². The number of carbonyl (C=O) groups is 1. The number of nitrogens with zero attached hydrogens (tertiary/aromatic N) is 1. The summed E-state index contributed by atoms with van der Waals surface area (Å²) in [6.07, 6.45) is 0.717.